The van der Waals surface area contributed by atoms with Gasteiger partial charge >= 0.3 is 0 Å². The van der Waals surface area contributed by atoms with Gasteiger partial charge in [0.05, 0.1) is 11.9 Å². The number of carbonyl (C=O) groups excluding carboxylic acids is 1. The molecule has 0 aliphatic carbocycles. The smallest absolute Gasteiger partial charge is 0.251 e. The lowest BCUT2D eigenvalue weighted by molar-refractivity contribution is -0.140. The first-order chi connectivity index (χ1) is 10.2. The zero-order valence-corrected chi connectivity index (χ0v) is 12.7. The molecule has 21 heavy (non-hydrogen) atoms. The molecule has 0 radical (unpaired) electrons. The van der Waals surface area contributed by atoms with Gasteiger partial charge in [-0.05, 0) is 31.7 Å². The van der Waals surface area contributed by atoms with E-state index >= 15 is 0 Å². The number of ether oxygens (including phenoxy) is 1. The van der Waals surface area contributed by atoms with Gasteiger partial charge in [-0.15, -0.1) is 0 Å². The van der Waals surface area contributed by atoms with E-state index in [2.05, 4.69) is 22.0 Å². The number of amides is 1. The Bertz CT molecular complexity index is 482. The van der Waals surface area contributed by atoms with Crippen molar-refractivity contribution in [2.24, 2.45) is 0 Å². The van der Waals surface area contributed by atoms with Crippen LogP contribution in [0.4, 0.5) is 0 Å². The van der Waals surface area contributed by atoms with E-state index in [-0.39, 0.29) is 12.0 Å². The van der Waals surface area contributed by atoms with Crippen molar-refractivity contribution in [2.75, 3.05) is 32.8 Å². The molecule has 1 atom stereocenters. The van der Waals surface area contributed by atoms with Gasteiger partial charge in [0.15, 0.2) is 0 Å². The molecule has 6 heteroatoms. The molecule has 1 aromatic heterocycles. The Labute approximate surface area is 125 Å². The van der Waals surface area contributed by atoms with Crippen LogP contribution in [0.3, 0.4) is 0 Å². The average Bonchev–Trinajstić information content (AvgIpc) is 3.08. The van der Waals surface area contributed by atoms with Gasteiger partial charge in [0.25, 0.3) is 5.91 Å². The first-order valence-corrected chi connectivity index (χ1v) is 7.85. The maximum Gasteiger partial charge on any atom is 0.251 e. The SMILES string of the molecule is Cc1cn[nH]c1CN1CCCN(C(=O)C2CCCO2)CC1. The molecule has 2 aliphatic rings. The Hall–Kier alpha value is -1.40. The third kappa shape index (κ3) is 3.44. The molecule has 0 saturated carbocycles. The third-order valence-electron chi connectivity index (χ3n) is 4.42. The highest BCUT2D eigenvalue weighted by Crippen LogP contribution is 2.17. The van der Waals surface area contributed by atoms with Crippen LogP contribution in [0.1, 0.15) is 30.5 Å². The molecule has 0 bridgehead atoms. The van der Waals surface area contributed by atoms with Crippen molar-refractivity contribution in [1.29, 1.82) is 0 Å². The molecule has 6 nitrogen and oxygen atoms in total. The molecule has 2 fully saturated rings. The van der Waals surface area contributed by atoms with Gasteiger partial charge in [-0.1, -0.05) is 0 Å². The van der Waals surface area contributed by atoms with E-state index in [1.807, 2.05) is 11.1 Å². The maximum atomic E-state index is 12.4. The van der Waals surface area contributed by atoms with Crippen LogP contribution in [-0.4, -0.2) is 64.8 Å². The van der Waals surface area contributed by atoms with Gasteiger partial charge in [-0.25, -0.2) is 0 Å². The molecule has 116 valence electrons. The molecule has 3 heterocycles. The summed E-state index contributed by atoms with van der Waals surface area (Å²) in [5, 5.41) is 7.13. The summed E-state index contributed by atoms with van der Waals surface area (Å²) in [7, 11) is 0. The molecule has 1 unspecified atom stereocenters. The zero-order valence-electron chi connectivity index (χ0n) is 12.7. The van der Waals surface area contributed by atoms with E-state index in [0.717, 1.165) is 58.6 Å². The van der Waals surface area contributed by atoms with Crippen LogP contribution in [0.15, 0.2) is 6.20 Å². The van der Waals surface area contributed by atoms with Crippen molar-refractivity contribution in [2.45, 2.75) is 38.8 Å². The van der Waals surface area contributed by atoms with E-state index < -0.39 is 0 Å². The first-order valence-electron chi connectivity index (χ1n) is 7.85. The lowest BCUT2D eigenvalue weighted by atomic mass is 10.2. The van der Waals surface area contributed by atoms with Crippen molar-refractivity contribution in [3.63, 3.8) is 0 Å². The molecule has 0 spiro atoms. The van der Waals surface area contributed by atoms with Crippen LogP contribution in [0, 0.1) is 6.92 Å². The topological polar surface area (TPSA) is 61.5 Å². The third-order valence-corrected chi connectivity index (χ3v) is 4.42. The standard InChI is InChI=1S/C15H24N4O2/c1-12-10-16-17-13(12)11-18-5-3-6-19(8-7-18)15(20)14-4-2-9-21-14/h10,14H,2-9,11H2,1H3,(H,16,17). The second-order valence-corrected chi connectivity index (χ2v) is 5.99. The van der Waals surface area contributed by atoms with Crippen molar-refractivity contribution in [3.05, 3.63) is 17.5 Å². The quantitative estimate of drug-likeness (QED) is 0.900. The maximum absolute atomic E-state index is 12.4. The van der Waals surface area contributed by atoms with Crippen LogP contribution < -0.4 is 0 Å². The second-order valence-electron chi connectivity index (χ2n) is 5.99. The summed E-state index contributed by atoms with van der Waals surface area (Å²) < 4.78 is 5.52. The minimum absolute atomic E-state index is 0.187. The summed E-state index contributed by atoms with van der Waals surface area (Å²) in [5.74, 6) is 0.187. The van der Waals surface area contributed by atoms with Gasteiger partial charge < -0.3 is 9.64 Å². The van der Waals surface area contributed by atoms with Crippen molar-refractivity contribution in [1.82, 2.24) is 20.0 Å². The monoisotopic (exact) mass is 292 g/mol. The Kier molecular flexibility index (Phi) is 4.55. The molecular formula is C15H24N4O2. The normalized spacial score (nSPS) is 24.2. The van der Waals surface area contributed by atoms with Crippen LogP contribution in [0.5, 0.6) is 0 Å². The largest absolute Gasteiger partial charge is 0.368 e. The lowest BCUT2D eigenvalue weighted by Crippen LogP contribution is -2.41. The molecule has 1 N–H and O–H groups in total. The molecule has 3 rings (SSSR count). The first kappa shape index (κ1) is 14.5. The van der Waals surface area contributed by atoms with Crippen LogP contribution >= 0.6 is 0 Å². The summed E-state index contributed by atoms with van der Waals surface area (Å²) in [6.07, 6.45) is 4.58. The Morgan fingerprint density at radius 1 is 1.38 bits per heavy atom. The number of hydrogen-bond donors (Lipinski definition) is 1. The minimum atomic E-state index is -0.189. The van der Waals surface area contributed by atoms with Crippen LogP contribution in [0.25, 0.3) is 0 Å². The number of nitrogens with one attached hydrogen (secondary N) is 1. The number of rotatable bonds is 3. The van der Waals surface area contributed by atoms with Gasteiger partial charge in [0.1, 0.15) is 6.10 Å². The summed E-state index contributed by atoms with van der Waals surface area (Å²) >= 11 is 0. The summed E-state index contributed by atoms with van der Waals surface area (Å²) in [6.45, 7) is 7.26. The molecule has 2 aliphatic heterocycles. The predicted molar refractivity (Wildman–Crippen MR) is 78.8 cm³/mol. The molecule has 1 amide bonds. The molecule has 1 aromatic rings. The zero-order chi connectivity index (χ0) is 14.7. The van der Waals surface area contributed by atoms with E-state index in [1.54, 1.807) is 0 Å². The Balaban J connectivity index is 1.54. The Morgan fingerprint density at radius 3 is 3.00 bits per heavy atom. The van der Waals surface area contributed by atoms with E-state index in [1.165, 1.54) is 11.3 Å². The predicted octanol–water partition coefficient (Wildman–Crippen LogP) is 0.931. The Morgan fingerprint density at radius 2 is 2.29 bits per heavy atom. The number of aromatic amines is 1. The molecule has 0 aromatic carbocycles. The lowest BCUT2D eigenvalue weighted by Gasteiger charge is -2.24. The highest BCUT2D eigenvalue weighted by molar-refractivity contribution is 5.81. The average molecular weight is 292 g/mol. The number of H-pyrrole nitrogens is 1. The highest BCUT2D eigenvalue weighted by Gasteiger charge is 2.29. The van der Waals surface area contributed by atoms with Gasteiger partial charge in [0.2, 0.25) is 0 Å². The number of aryl methyl sites for hydroxylation is 1. The highest BCUT2D eigenvalue weighted by atomic mass is 16.5. The van der Waals surface area contributed by atoms with E-state index in [4.69, 9.17) is 4.74 Å². The van der Waals surface area contributed by atoms with Crippen molar-refractivity contribution < 1.29 is 9.53 Å². The molecular weight excluding hydrogens is 268 g/mol. The van der Waals surface area contributed by atoms with E-state index in [9.17, 15) is 4.79 Å². The number of aromatic nitrogens is 2. The van der Waals surface area contributed by atoms with Gasteiger partial charge in [-0.2, -0.15) is 5.10 Å². The second kappa shape index (κ2) is 6.58. The fourth-order valence-electron chi connectivity index (χ4n) is 3.08. The minimum Gasteiger partial charge on any atom is -0.368 e. The fourth-order valence-corrected chi connectivity index (χ4v) is 3.08. The number of carbonyl (C=O) groups is 1. The van der Waals surface area contributed by atoms with Crippen molar-refractivity contribution >= 4 is 5.91 Å². The van der Waals surface area contributed by atoms with Gasteiger partial charge in [-0.3, -0.25) is 14.8 Å². The summed E-state index contributed by atoms with van der Waals surface area (Å²) in [5.41, 5.74) is 2.38. The van der Waals surface area contributed by atoms with Gasteiger partial charge in [0, 0.05) is 39.3 Å². The number of nitrogens with zero attached hydrogens (tertiary/aromatic N) is 3. The van der Waals surface area contributed by atoms with Crippen LogP contribution in [0.2, 0.25) is 0 Å². The number of hydrogen-bond acceptors (Lipinski definition) is 4. The van der Waals surface area contributed by atoms with Crippen molar-refractivity contribution in [3.8, 4) is 0 Å². The van der Waals surface area contributed by atoms with Crippen LogP contribution in [-0.2, 0) is 16.1 Å². The van der Waals surface area contributed by atoms with E-state index in [0.29, 0.717) is 0 Å². The molecule has 2 saturated heterocycles. The summed E-state index contributed by atoms with van der Waals surface area (Å²) in [4.78, 5) is 16.8. The summed E-state index contributed by atoms with van der Waals surface area (Å²) in [6, 6.07) is 0. The fraction of sp³-hybridized carbons (Fsp3) is 0.733.